The topological polar surface area (TPSA) is 86.7 Å². The molecule has 0 amide bonds. The van der Waals surface area contributed by atoms with E-state index >= 15 is 0 Å². The lowest BCUT2D eigenvalue weighted by Gasteiger charge is -2.29. The number of alkyl halides is 3. The Bertz CT molecular complexity index is 1580. The Morgan fingerprint density at radius 1 is 1.03 bits per heavy atom. The average Bonchev–Trinajstić information content (AvgIpc) is 3.48. The van der Waals surface area contributed by atoms with Crippen LogP contribution in [0, 0.1) is 10.1 Å². The molecule has 188 valence electrons. The van der Waals surface area contributed by atoms with E-state index in [2.05, 4.69) is 5.16 Å². The fourth-order valence-corrected chi connectivity index (χ4v) is 4.72. The van der Waals surface area contributed by atoms with Gasteiger partial charge in [0.1, 0.15) is 0 Å². The molecule has 0 saturated carbocycles. The minimum atomic E-state index is -4.83. The summed E-state index contributed by atoms with van der Waals surface area (Å²) in [4.78, 5) is 28.6. The number of fused-ring (bicyclic) bond motifs is 1. The van der Waals surface area contributed by atoms with Crippen molar-refractivity contribution in [2.24, 2.45) is 5.16 Å². The summed E-state index contributed by atoms with van der Waals surface area (Å²) in [6.07, 6.45) is -3.97. The molecule has 12 heteroatoms. The second-order valence-electron chi connectivity index (χ2n) is 8.36. The molecule has 0 N–H and O–H groups in total. The van der Waals surface area contributed by atoms with Gasteiger partial charge >= 0.3 is 6.18 Å². The van der Waals surface area contributed by atoms with Gasteiger partial charge in [0.25, 0.3) is 17.2 Å². The molecule has 1 atom stereocenters. The van der Waals surface area contributed by atoms with Gasteiger partial charge in [-0.05, 0) is 48.0 Å². The van der Waals surface area contributed by atoms with Gasteiger partial charge in [-0.1, -0.05) is 40.5 Å². The smallest absolute Gasteiger partial charge is 0.374 e. The zero-order valence-corrected chi connectivity index (χ0v) is 20.0. The van der Waals surface area contributed by atoms with E-state index in [9.17, 15) is 28.1 Å². The molecule has 0 radical (unpaired) electrons. The van der Waals surface area contributed by atoms with Crippen molar-refractivity contribution in [2.75, 3.05) is 0 Å². The van der Waals surface area contributed by atoms with Crippen LogP contribution in [0.2, 0.25) is 10.0 Å². The molecule has 4 aromatic rings. The number of nitrogens with zero attached hydrogens (tertiary/aromatic N) is 3. The number of nitro benzene ring substituents is 1. The third-order valence-corrected chi connectivity index (χ3v) is 6.52. The Kier molecular flexibility index (Phi) is 5.96. The van der Waals surface area contributed by atoms with Gasteiger partial charge in [0.05, 0.1) is 16.2 Å². The van der Waals surface area contributed by atoms with Crippen LogP contribution in [-0.2, 0) is 10.4 Å². The van der Waals surface area contributed by atoms with Gasteiger partial charge in [-0.2, -0.15) is 13.2 Å². The molecule has 1 aliphatic heterocycles. The van der Waals surface area contributed by atoms with Crippen molar-refractivity contribution in [3.63, 3.8) is 0 Å². The van der Waals surface area contributed by atoms with Crippen LogP contribution in [0.4, 0.5) is 18.9 Å². The molecule has 0 bridgehead atoms. The first kappa shape index (κ1) is 24.8. The molecule has 5 rings (SSSR count). The van der Waals surface area contributed by atoms with E-state index in [1.54, 1.807) is 12.1 Å². The molecule has 7 nitrogen and oxygen atoms in total. The fraction of sp³-hybridized carbons (Fsp3) is 0.120. The highest BCUT2D eigenvalue weighted by molar-refractivity contribution is 6.34. The quantitative estimate of drug-likeness (QED) is 0.201. The number of aromatic nitrogens is 1. The minimum Gasteiger partial charge on any atom is -0.374 e. The van der Waals surface area contributed by atoms with Crippen LogP contribution in [0.15, 0.2) is 78.1 Å². The van der Waals surface area contributed by atoms with E-state index < -0.39 is 29.0 Å². The van der Waals surface area contributed by atoms with Crippen LogP contribution in [0.3, 0.4) is 0 Å². The molecule has 1 aliphatic rings. The number of rotatable bonds is 4. The molecule has 0 saturated heterocycles. The maximum atomic E-state index is 14.2. The Balaban J connectivity index is 1.43. The Hall–Kier alpha value is -3.89. The van der Waals surface area contributed by atoms with Crippen molar-refractivity contribution >= 4 is 51.4 Å². The Morgan fingerprint density at radius 2 is 1.70 bits per heavy atom. The molecular formula is C25H14Cl2F3N3O4. The highest BCUT2D eigenvalue weighted by Crippen LogP contribution is 2.49. The summed E-state index contributed by atoms with van der Waals surface area (Å²) in [5.41, 5.74) is -2.30. The van der Waals surface area contributed by atoms with Gasteiger partial charge < -0.3 is 4.84 Å². The maximum absolute atomic E-state index is 14.2. The van der Waals surface area contributed by atoms with Crippen LogP contribution in [-0.4, -0.2) is 27.3 Å². The predicted octanol–water partition coefficient (Wildman–Crippen LogP) is 7.13. The molecule has 3 aromatic carbocycles. The highest BCUT2D eigenvalue weighted by atomic mass is 35.5. The standard InChI is InChI=1S/C25H14Cl2F3N3O4/c26-18-9-17(10-19(27)11-18)24(25(28,29)30)13-21(31-37-24)14-1-3-16(4-2-14)23(34)32-8-7-15-5-6-20(33(35)36)12-22(15)32/h1-12H,13H2. The first-order valence-electron chi connectivity index (χ1n) is 10.7. The van der Waals surface area contributed by atoms with E-state index in [1.807, 2.05) is 0 Å². The van der Waals surface area contributed by atoms with E-state index in [0.29, 0.717) is 16.5 Å². The molecular weight excluding hydrogens is 534 g/mol. The summed E-state index contributed by atoms with van der Waals surface area (Å²) in [7, 11) is 0. The number of oxime groups is 1. The highest BCUT2D eigenvalue weighted by Gasteiger charge is 2.62. The summed E-state index contributed by atoms with van der Waals surface area (Å²) in [5.74, 6) is -0.468. The number of halogens is 5. The number of non-ortho nitro benzene ring substituents is 1. The zero-order valence-electron chi connectivity index (χ0n) is 18.5. The lowest BCUT2D eigenvalue weighted by molar-refractivity contribution is -0.384. The predicted molar refractivity (Wildman–Crippen MR) is 131 cm³/mol. The molecule has 1 aromatic heterocycles. The Morgan fingerprint density at radius 3 is 2.32 bits per heavy atom. The van der Waals surface area contributed by atoms with E-state index in [0.717, 1.165) is 12.1 Å². The summed E-state index contributed by atoms with van der Waals surface area (Å²) in [6.45, 7) is 0. The SMILES string of the molecule is O=C(c1ccc(C2=NOC(c3cc(Cl)cc(Cl)c3)(C(F)(F)F)C2)cc1)n1ccc2ccc([N+](=O)[O-])cc21. The van der Waals surface area contributed by atoms with Gasteiger partial charge in [0.2, 0.25) is 0 Å². The summed E-state index contributed by atoms with van der Waals surface area (Å²) in [6, 6.07) is 15.2. The number of carbonyl (C=O) groups excluding carboxylic acids is 1. The van der Waals surface area contributed by atoms with Crippen LogP contribution < -0.4 is 0 Å². The number of nitro groups is 1. The maximum Gasteiger partial charge on any atom is 0.435 e. The van der Waals surface area contributed by atoms with Crippen molar-refractivity contribution < 1.29 is 27.7 Å². The normalized spacial score (nSPS) is 17.5. The molecule has 37 heavy (non-hydrogen) atoms. The third-order valence-electron chi connectivity index (χ3n) is 6.09. The van der Waals surface area contributed by atoms with Gasteiger partial charge in [-0.3, -0.25) is 19.5 Å². The minimum absolute atomic E-state index is 0.0221. The average molecular weight is 548 g/mol. The van der Waals surface area contributed by atoms with E-state index in [-0.39, 0.29) is 32.6 Å². The van der Waals surface area contributed by atoms with Crippen molar-refractivity contribution in [2.45, 2.75) is 18.2 Å². The molecule has 2 heterocycles. The first-order chi connectivity index (χ1) is 17.5. The third kappa shape index (κ3) is 4.32. The van der Waals surface area contributed by atoms with Gasteiger partial charge in [-0.15, -0.1) is 0 Å². The first-order valence-corrected chi connectivity index (χ1v) is 11.4. The number of benzene rings is 3. The second-order valence-corrected chi connectivity index (χ2v) is 9.23. The number of hydrogen-bond acceptors (Lipinski definition) is 5. The Labute approximate surface area is 216 Å². The van der Waals surface area contributed by atoms with Crippen molar-refractivity contribution in [3.8, 4) is 0 Å². The second kappa shape index (κ2) is 8.89. The summed E-state index contributed by atoms with van der Waals surface area (Å²) < 4.78 is 43.9. The van der Waals surface area contributed by atoms with Crippen molar-refractivity contribution in [1.29, 1.82) is 0 Å². The number of hydrogen-bond donors (Lipinski definition) is 0. The van der Waals surface area contributed by atoms with E-state index in [4.69, 9.17) is 28.0 Å². The molecule has 1 unspecified atom stereocenters. The summed E-state index contributed by atoms with van der Waals surface area (Å²) in [5, 5.41) is 15.5. The molecule has 0 aliphatic carbocycles. The monoisotopic (exact) mass is 547 g/mol. The molecule has 0 spiro atoms. The van der Waals surface area contributed by atoms with Gasteiger partial charge in [0, 0.05) is 51.3 Å². The van der Waals surface area contributed by atoms with Gasteiger partial charge in [0.15, 0.2) is 0 Å². The number of carbonyl (C=O) groups is 1. The van der Waals surface area contributed by atoms with E-state index in [1.165, 1.54) is 53.2 Å². The summed E-state index contributed by atoms with van der Waals surface area (Å²) >= 11 is 11.9. The lowest BCUT2D eigenvalue weighted by Crippen LogP contribution is -2.42. The van der Waals surface area contributed by atoms with Crippen LogP contribution in [0.1, 0.15) is 27.9 Å². The van der Waals surface area contributed by atoms with Crippen LogP contribution in [0.25, 0.3) is 10.9 Å². The lowest BCUT2D eigenvalue weighted by atomic mass is 9.86. The van der Waals surface area contributed by atoms with Gasteiger partial charge in [-0.25, -0.2) is 0 Å². The molecule has 0 fully saturated rings. The fourth-order valence-electron chi connectivity index (χ4n) is 4.20. The van der Waals surface area contributed by atoms with Crippen molar-refractivity contribution in [1.82, 2.24) is 4.57 Å². The van der Waals surface area contributed by atoms with Crippen LogP contribution >= 0.6 is 23.2 Å². The van der Waals surface area contributed by atoms with Crippen LogP contribution in [0.5, 0.6) is 0 Å². The largest absolute Gasteiger partial charge is 0.435 e. The van der Waals surface area contributed by atoms with Crippen molar-refractivity contribution in [3.05, 3.63) is 110 Å². The zero-order chi connectivity index (χ0) is 26.5.